The lowest BCUT2D eigenvalue weighted by Gasteiger charge is -2.13. The summed E-state index contributed by atoms with van der Waals surface area (Å²) >= 11 is 0. The molecule has 0 heterocycles. The Labute approximate surface area is 125 Å². The summed E-state index contributed by atoms with van der Waals surface area (Å²) in [5.74, 6) is -0.700. The summed E-state index contributed by atoms with van der Waals surface area (Å²) in [5.41, 5.74) is 0. The van der Waals surface area contributed by atoms with Crippen LogP contribution >= 0.6 is 0 Å². The van der Waals surface area contributed by atoms with E-state index in [0.29, 0.717) is 0 Å². The Morgan fingerprint density at radius 2 is 1.35 bits per heavy atom. The molecule has 0 fully saturated rings. The highest BCUT2D eigenvalue weighted by Crippen LogP contribution is 2.12. The summed E-state index contributed by atoms with van der Waals surface area (Å²) < 4.78 is 0. The van der Waals surface area contributed by atoms with Gasteiger partial charge in [-0.3, -0.25) is 4.79 Å². The average Bonchev–Trinajstić information content (AvgIpc) is 2.43. The summed E-state index contributed by atoms with van der Waals surface area (Å²) in [6.07, 6.45) is 14.7. The third kappa shape index (κ3) is 12.5. The molecule has 0 aromatic rings. The minimum Gasteiger partial charge on any atom is -0.480 e. The molecule has 0 aliphatic carbocycles. The van der Waals surface area contributed by atoms with E-state index in [1.54, 1.807) is 0 Å². The van der Waals surface area contributed by atoms with Gasteiger partial charge in [-0.2, -0.15) is 0 Å². The fraction of sp³-hybridized carbons (Fsp3) is 0.941. The van der Waals surface area contributed by atoms with Crippen molar-refractivity contribution in [1.29, 1.82) is 0 Å². The van der Waals surface area contributed by atoms with Crippen LogP contribution in [0.25, 0.3) is 0 Å². The molecule has 0 saturated heterocycles. The molecule has 0 spiro atoms. The van der Waals surface area contributed by atoms with Crippen LogP contribution in [0, 0.1) is 0 Å². The minimum absolute atomic E-state index is 0.344. The lowest BCUT2D eigenvalue weighted by molar-refractivity contribution is -0.139. The van der Waals surface area contributed by atoms with Crippen LogP contribution in [0.3, 0.4) is 0 Å². The third-order valence-electron chi connectivity index (χ3n) is 3.79. The second kappa shape index (κ2) is 14.8. The molecule has 20 heavy (non-hydrogen) atoms. The summed E-state index contributed by atoms with van der Waals surface area (Å²) in [4.78, 5) is 11.0. The molecule has 2 N–H and O–H groups in total. The van der Waals surface area contributed by atoms with E-state index in [1.807, 2.05) is 0 Å². The summed E-state index contributed by atoms with van der Waals surface area (Å²) in [7, 11) is 0. The second-order valence-corrected chi connectivity index (χ2v) is 5.82. The van der Waals surface area contributed by atoms with Crippen molar-refractivity contribution in [3.8, 4) is 0 Å². The zero-order chi connectivity index (χ0) is 15.1. The zero-order valence-corrected chi connectivity index (χ0v) is 13.6. The average molecular weight is 285 g/mol. The lowest BCUT2D eigenvalue weighted by atomic mass is 10.0. The van der Waals surface area contributed by atoms with Crippen LogP contribution in [0.2, 0.25) is 0 Å². The van der Waals surface area contributed by atoms with Crippen LogP contribution < -0.4 is 5.32 Å². The molecule has 0 rings (SSSR count). The molecule has 1 unspecified atom stereocenters. The van der Waals surface area contributed by atoms with Gasteiger partial charge in [0, 0.05) is 0 Å². The Morgan fingerprint density at radius 3 is 1.80 bits per heavy atom. The lowest BCUT2D eigenvalue weighted by Crippen LogP contribution is -2.36. The Kier molecular flexibility index (Phi) is 14.4. The Bertz CT molecular complexity index is 219. The molecule has 0 amide bonds. The van der Waals surface area contributed by atoms with Gasteiger partial charge in [0.25, 0.3) is 0 Å². The van der Waals surface area contributed by atoms with E-state index in [2.05, 4.69) is 19.2 Å². The maximum Gasteiger partial charge on any atom is 0.320 e. The van der Waals surface area contributed by atoms with Crippen molar-refractivity contribution in [2.75, 3.05) is 6.54 Å². The number of unbranched alkanes of at least 4 members (excludes halogenated alkanes) is 9. The van der Waals surface area contributed by atoms with Crippen LogP contribution in [0.1, 0.15) is 90.9 Å². The molecule has 0 aromatic heterocycles. The highest BCUT2D eigenvalue weighted by Gasteiger charge is 2.14. The number of carboxylic acid groups (broad SMARTS) is 1. The molecule has 3 nitrogen and oxygen atoms in total. The van der Waals surface area contributed by atoms with E-state index in [9.17, 15) is 4.79 Å². The van der Waals surface area contributed by atoms with E-state index in [4.69, 9.17) is 5.11 Å². The predicted molar refractivity (Wildman–Crippen MR) is 86.2 cm³/mol. The molecule has 0 bridgehead atoms. The van der Waals surface area contributed by atoms with Crippen molar-refractivity contribution in [1.82, 2.24) is 5.32 Å². The molecule has 0 aliphatic heterocycles. The van der Waals surface area contributed by atoms with Gasteiger partial charge < -0.3 is 10.4 Å². The number of rotatable bonds is 15. The SMILES string of the molecule is CCCCCCCCCCCCC(NCCC)C(=O)O. The van der Waals surface area contributed by atoms with Gasteiger partial charge in [0.2, 0.25) is 0 Å². The molecule has 0 saturated carbocycles. The van der Waals surface area contributed by atoms with Gasteiger partial charge in [-0.25, -0.2) is 0 Å². The Balaban J connectivity index is 3.34. The number of aliphatic carboxylic acids is 1. The molecular formula is C17H35NO2. The Hall–Kier alpha value is -0.570. The normalized spacial score (nSPS) is 12.5. The molecule has 0 aliphatic rings. The van der Waals surface area contributed by atoms with E-state index in [-0.39, 0.29) is 6.04 Å². The van der Waals surface area contributed by atoms with Gasteiger partial charge in [0.1, 0.15) is 6.04 Å². The summed E-state index contributed by atoms with van der Waals surface area (Å²) in [6.45, 7) is 5.11. The molecule has 3 heteroatoms. The van der Waals surface area contributed by atoms with Gasteiger partial charge in [-0.15, -0.1) is 0 Å². The van der Waals surface area contributed by atoms with Gasteiger partial charge in [0.15, 0.2) is 0 Å². The third-order valence-corrected chi connectivity index (χ3v) is 3.79. The first kappa shape index (κ1) is 19.4. The van der Waals surface area contributed by atoms with Gasteiger partial charge >= 0.3 is 5.97 Å². The number of hydrogen-bond acceptors (Lipinski definition) is 2. The van der Waals surface area contributed by atoms with Gasteiger partial charge in [-0.1, -0.05) is 78.1 Å². The van der Waals surface area contributed by atoms with E-state index >= 15 is 0 Å². The van der Waals surface area contributed by atoms with Crippen molar-refractivity contribution in [2.45, 2.75) is 96.9 Å². The van der Waals surface area contributed by atoms with E-state index in [0.717, 1.165) is 25.8 Å². The highest BCUT2D eigenvalue weighted by molar-refractivity contribution is 5.73. The van der Waals surface area contributed by atoms with Crippen LogP contribution in [0.15, 0.2) is 0 Å². The number of nitrogens with one attached hydrogen (secondary N) is 1. The zero-order valence-electron chi connectivity index (χ0n) is 13.6. The highest BCUT2D eigenvalue weighted by atomic mass is 16.4. The topological polar surface area (TPSA) is 49.3 Å². The van der Waals surface area contributed by atoms with Crippen molar-refractivity contribution in [2.24, 2.45) is 0 Å². The van der Waals surface area contributed by atoms with Crippen LogP contribution in [0.4, 0.5) is 0 Å². The van der Waals surface area contributed by atoms with E-state index in [1.165, 1.54) is 57.8 Å². The molecule has 0 aromatic carbocycles. The van der Waals surface area contributed by atoms with Crippen LogP contribution in [0.5, 0.6) is 0 Å². The van der Waals surface area contributed by atoms with Crippen molar-refractivity contribution in [3.05, 3.63) is 0 Å². The van der Waals surface area contributed by atoms with Crippen molar-refractivity contribution < 1.29 is 9.90 Å². The smallest absolute Gasteiger partial charge is 0.320 e. The maximum atomic E-state index is 11.0. The molecule has 0 radical (unpaired) electrons. The number of hydrogen-bond donors (Lipinski definition) is 2. The summed E-state index contributed by atoms with van der Waals surface area (Å²) in [5, 5.41) is 12.2. The first-order valence-electron chi connectivity index (χ1n) is 8.68. The Morgan fingerprint density at radius 1 is 0.850 bits per heavy atom. The van der Waals surface area contributed by atoms with Crippen molar-refractivity contribution >= 4 is 5.97 Å². The predicted octanol–water partition coefficient (Wildman–Crippen LogP) is 4.75. The first-order chi connectivity index (χ1) is 9.72. The van der Waals surface area contributed by atoms with Gasteiger partial charge in [0.05, 0.1) is 0 Å². The maximum absolute atomic E-state index is 11.0. The monoisotopic (exact) mass is 285 g/mol. The minimum atomic E-state index is -0.700. The second-order valence-electron chi connectivity index (χ2n) is 5.82. The molecular weight excluding hydrogens is 250 g/mol. The fourth-order valence-electron chi connectivity index (χ4n) is 2.47. The largest absolute Gasteiger partial charge is 0.480 e. The van der Waals surface area contributed by atoms with Gasteiger partial charge in [-0.05, 0) is 19.4 Å². The fourth-order valence-corrected chi connectivity index (χ4v) is 2.47. The summed E-state index contributed by atoms with van der Waals surface area (Å²) in [6, 6.07) is -0.344. The molecule has 120 valence electrons. The van der Waals surface area contributed by atoms with E-state index < -0.39 is 5.97 Å². The standard InChI is InChI=1S/C17H35NO2/c1-3-5-6-7-8-9-10-11-12-13-14-16(17(19)20)18-15-4-2/h16,18H,3-15H2,1-2H3,(H,19,20). The quantitative estimate of drug-likeness (QED) is 0.427. The van der Waals surface area contributed by atoms with Crippen LogP contribution in [-0.4, -0.2) is 23.7 Å². The van der Waals surface area contributed by atoms with Crippen LogP contribution in [-0.2, 0) is 4.79 Å². The first-order valence-corrected chi connectivity index (χ1v) is 8.68. The number of carboxylic acids is 1. The number of carbonyl (C=O) groups is 1. The van der Waals surface area contributed by atoms with Crippen molar-refractivity contribution in [3.63, 3.8) is 0 Å². The molecule has 1 atom stereocenters.